The zero-order valence-electron chi connectivity index (χ0n) is 11.0. The van der Waals surface area contributed by atoms with Crippen LogP contribution in [0, 0.1) is 5.92 Å². The van der Waals surface area contributed by atoms with Crippen molar-refractivity contribution in [3.8, 4) is 0 Å². The molecule has 0 amide bonds. The monoisotopic (exact) mass is 291 g/mol. The minimum Gasteiger partial charge on any atom is -0.460 e. The van der Waals surface area contributed by atoms with E-state index >= 15 is 0 Å². The molecule has 1 aromatic rings. The third-order valence-electron chi connectivity index (χ3n) is 3.48. The molecule has 0 saturated heterocycles. The number of esters is 1. The van der Waals surface area contributed by atoms with Gasteiger partial charge in [-0.25, -0.2) is 9.78 Å². The first kappa shape index (κ1) is 14.8. The van der Waals surface area contributed by atoms with Crippen molar-refractivity contribution in [2.45, 2.75) is 44.7 Å². The second kappa shape index (κ2) is 5.80. The summed E-state index contributed by atoms with van der Waals surface area (Å²) in [6.45, 7) is 1.85. The lowest BCUT2D eigenvalue weighted by Gasteiger charge is -2.29. The standard InChI is InChI=1S/C12H16F3N3O2/c1-2-20-11(19)10-16-9(17-18-10)7-4-3-5-8(6-7)12(13,14)15/h7-8H,2-6H2,1H3,(H,16,17,18). The molecule has 1 saturated carbocycles. The molecule has 1 N–H and O–H groups in total. The molecule has 0 aliphatic heterocycles. The molecule has 20 heavy (non-hydrogen) atoms. The molecule has 0 radical (unpaired) electrons. The van der Waals surface area contributed by atoms with Gasteiger partial charge in [0.15, 0.2) is 0 Å². The Kier molecular flexibility index (Phi) is 4.29. The highest BCUT2D eigenvalue weighted by Gasteiger charge is 2.43. The summed E-state index contributed by atoms with van der Waals surface area (Å²) < 4.78 is 43.0. The van der Waals surface area contributed by atoms with E-state index in [1.165, 1.54) is 0 Å². The molecule has 2 unspecified atom stereocenters. The molecule has 2 rings (SSSR count). The summed E-state index contributed by atoms with van der Waals surface area (Å²) in [6, 6.07) is 0. The lowest BCUT2D eigenvalue weighted by molar-refractivity contribution is -0.183. The van der Waals surface area contributed by atoms with Crippen molar-refractivity contribution in [2.24, 2.45) is 5.92 Å². The fraction of sp³-hybridized carbons (Fsp3) is 0.750. The van der Waals surface area contributed by atoms with Gasteiger partial charge in [0, 0.05) is 5.92 Å². The first-order valence-corrected chi connectivity index (χ1v) is 6.58. The first-order chi connectivity index (χ1) is 9.41. The fourth-order valence-electron chi connectivity index (χ4n) is 2.48. The number of nitrogens with zero attached hydrogens (tertiary/aromatic N) is 2. The number of carbonyl (C=O) groups is 1. The van der Waals surface area contributed by atoms with E-state index in [2.05, 4.69) is 15.2 Å². The predicted octanol–water partition coefficient (Wildman–Crippen LogP) is 2.82. The summed E-state index contributed by atoms with van der Waals surface area (Å²) in [5, 5.41) is 6.26. The van der Waals surface area contributed by atoms with E-state index < -0.39 is 18.1 Å². The predicted molar refractivity (Wildman–Crippen MR) is 63.1 cm³/mol. The number of hydrogen-bond acceptors (Lipinski definition) is 4. The van der Waals surface area contributed by atoms with Crippen LogP contribution in [0.25, 0.3) is 0 Å². The van der Waals surface area contributed by atoms with Crippen molar-refractivity contribution >= 4 is 5.97 Å². The van der Waals surface area contributed by atoms with Gasteiger partial charge in [0.05, 0.1) is 12.5 Å². The van der Waals surface area contributed by atoms with Crippen molar-refractivity contribution < 1.29 is 22.7 Å². The van der Waals surface area contributed by atoms with Crippen molar-refractivity contribution in [3.05, 3.63) is 11.6 Å². The van der Waals surface area contributed by atoms with Crippen molar-refractivity contribution in [1.82, 2.24) is 15.2 Å². The van der Waals surface area contributed by atoms with E-state index in [-0.39, 0.29) is 31.2 Å². The SMILES string of the molecule is CCOC(=O)c1n[nH]c(C2CCCC(C(F)(F)F)C2)n1. The number of ether oxygens (including phenoxy) is 1. The zero-order chi connectivity index (χ0) is 14.8. The van der Waals surface area contributed by atoms with E-state index in [4.69, 9.17) is 4.74 Å². The topological polar surface area (TPSA) is 67.9 Å². The minimum atomic E-state index is -4.18. The molecule has 112 valence electrons. The minimum absolute atomic E-state index is 0.0129. The Hall–Kier alpha value is -1.60. The maximum absolute atomic E-state index is 12.7. The van der Waals surface area contributed by atoms with Crippen LogP contribution in [0.2, 0.25) is 0 Å². The normalized spacial score (nSPS) is 23.6. The van der Waals surface area contributed by atoms with Crippen LogP contribution in [0.5, 0.6) is 0 Å². The molecule has 1 aromatic heterocycles. The number of hydrogen-bond donors (Lipinski definition) is 1. The summed E-state index contributed by atoms with van der Waals surface area (Å²) in [5.74, 6) is -2.11. The summed E-state index contributed by atoms with van der Waals surface area (Å²) >= 11 is 0. The molecular weight excluding hydrogens is 275 g/mol. The average molecular weight is 291 g/mol. The molecule has 0 spiro atoms. The number of H-pyrrole nitrogens is 1. The Morgan fingerprint density at radius 3 is 2.85 bits per heavy atom. The number of nitrogens with one attached hydrogen (secondary N) is 1. The fourth-order valence-corrected chi connectivity index (χ4v) is 2.48. The Morgan fingerprint density at radius 2 is 2.20 bits per heavy atom. The van der Waals surface area contributed by atoms with Crippen LogP contribution >= 0.6 is 0 Å². The maximum Gasteiger partial charge on any atom is 0.391 e. The van der Waals surface area contributed by atoms with Gasteiger partial charge in [0.2, 0.25) is 0 Å². The summed E-state index contributed by atoms with van der Waals surface area (Å²) in [4.78, 5) is 15.4. The summed E-state index contributed by atoms with van der Waals surface area (Å²) in [5.41, 5.74) is 0. The van der Waals surface area contributed by atoms with E-state index in [1.54, 1.807) is 6.92 Å². The molecule has 0 bridgehead atoms. The van der Waals surface area contributed by atoms with E-state index in [0.29, 0.717) is 18.7 Å². The van der Waals surface area contributed by atoms with Crippen LogP contribution in [-0.4, -0.2) is 33.9 Å². The average Bonchev–Trinajstić information content (AvgIpc) is 2.88. The lowest BCUT2D eigenvalue weighted by atomic mass is 9.80. The van der Waals surface area contributed by atoms with E-state index in [1.807, 2.05) is 0 Å². The zero-order valence-corrected chi connectivity index (χ0v) is 11.0. The van der Waals surface area contributed by atoms with Crippen LogP contribution in [0.1, 0.15) is 55.0 Å². The highest BCUT2D eigenvalue weighted by Crippen LogP contribution is 2.42. The van der Waals surface area contributed by atoms with Gasteiger partial charge in [-0.15, -0.1) is 5.10 Å². The van der Waals surface area contributed by atoms with Crippen molar-refractivity contribution in [2.75, 3.05) is 6.61 Å². The van der Waals surface area contributed by atoms with Gasteiger partial charge in [-0.05, 0) is 26.2 Å². The Bertz CT molecular complexity index is 473. The summed E-state index contributed by atoms with van der Waals surface area (Å²) in [7, 11) is 0. The molecule has 1 heterocycles. The van der Waals surface area contributed by atoms with Crippen LogP contribution in [0.3, 0.4) is 0 Å². The third kappa shape index (κ3) is 3.29. The van der Waals surface area contributed by atoms with E-state index in [9.17, 15) is 18.0 Å². The summed E-state index contributed by atoms with van der Waals surface area (Å²) in [6.07, 6.45) is -2.93. The van der Waals surface area contributed by atoms with Crippen LogP contribution in [-0.2, 0) is 4.74 Å². The quantitative estimate of drug-likeness (QED) is 0.869. The van der Waals surface area contributed by atoms with Gasteiger partial charge in [-0.2, -0.15) is 13.2 Å². The Labute approximate surface area is 113 Å². The van der Waals surface area contributed by atoms with Crippen molar-refractivity contribution in [1.29, 1.82) is 0 Å². The van der Waals surface area contributed by atoms with E-state index in [0.717, 1.165) is 0 Å². The van der Waals surface area contributed by atoms with Crippen molar-refractivity contribution in [3.63, 3.8) is 0 Å². The van der Waals surface area contributed by atoms with Gasteiger partial charge in [-0.1, -0.05) is 6.42 Å². The molecular formula is C12H16F3N3O2. The Morgan fingerprint density at radius 1 is 1.45 bits per heavy atom. The first-order valence-electron chi connectivity index (χ1n) is 6.58. The maximum atomic E-state index is 12.7. The number of alkyl halides is 3. The molecule has 1 aliphatic rings. The smallest absolute Gasteiger partial charge is 0.391 e. The number of halogens is 3. The number of aromatic nitrogens is 3. The molecule has 8 heteroatoms. The number of aromatic amines is 1. The van der Waals surface area contributed by atoms with Crippen LogP contribution in [0.15, 0.2) is 0 Å². The Balaban J connectivity index is 2.06. The largest absolute Gasteiger partial charge is 0.460 e. The van der Waals surface area contributed by atoms with Gasteiger partial charge in [0.1, 0.15) is 5.82 Å². The van der Waals surface area contributed by atoms with Gasteiger partial charge in [-0.3, -0.25) is 5.10 Å². The van der Waals surface area contributed by atoms with Gasteiger partial charge in [0.25, 0.3) is 5.82 Å². The highest BCUT2D eigenvalue weighted by molar-refractivity contribution is 5.84. The lowest BCUT2D eigenvalue weighted by Crippen LogP contribution is -2.28. The molecule has 1 fully saturated rings. The molecule has 1 aliphatic carbocycles. The second-order valence-corrected chi connectivity index (χ2v) is 4.87. The van der Waals surface area contributed by atoms with Crippen LogP contribution in [0.4, 0.5) is 13.2 Å². The molecule has 2 atom stereocenters. The number of rotatable bonds is 3. The number of carbonyl (C=O) groups excluding carboxylic acids is 1. The third-order valence-corrected chi connectivity index (χ3v) is 3.48. The second-order valence-electron chi connectivity index (χ2n) is 4.87. The molecule has 5 nitrogen and oxygen atoms in total. The van der Waals surface area contributed by atoms with Crippen LogP contribution < -0.4 is 0 Å². The highest BCUT2D eigenvalue weighted by atomic mass is 19.4. The van der Waals surface area contributed by atoms with Gasteiger partial charge < -0.3 is 4.74 Å². The van der Waals surface area contributed by atoms with Gasteiger partial charge >= 0.3 is 12.1 Å². The molecule has 0 aromatic carbocycles.